The average Bonchev–Trinajstić information content (AvgIpc) is 3.10. The van der Waals surface area contributed by atoms with Crippen molar-refractivity contribution in [1.29, 1.82) is 0 Å². The van der Waals surface area contributed by atoms with E-state index in [2.05, 4.69) is 16.8 Å². The van der Waals surface area contributed by atoms with Crippen LogP contribution in [0.25, 0.3) is 0 Å². The van der Waals surface area contributed by atoms with Gasteiger partial charge in [-0.25, -0.2) is 4.98 Å². The normalized spacial score (nSPS) is 15.2. The highest BCUT2D eigenvalue weighted by Crippen LogP contribution is 2.32. The summed E-state index contributed by atoms with van der Waals surface area (Å²) in [7, 11) is 0. The second kappa shape index (κ2) is 5.02. The maximum atomic E-state index is 8.99. The molecule has 0 atom stereocenters. The quantitative estimate of drug-likeness (QED) is 0.859. The van der Waals surface area contributed by atoms with E-state index in [0.717, 1.165) is 30.4 Å². The molecule has 0 saturated heterocycles. The maximum absolute atomic E-state index is 8.99. The van der Waals surface area contributed by atoms with E-state index in [1.165, 1.54) is 12.8 Å². The summed E-state index contributed by atoms with van der Waals surface area (Å²) in [6, 6.07) is 1.79. The summed E-state index contributed by atoms with van der Waals surface area (Å²) in [5, 5.41) is 9.63. The fourth-order valence-electron chi connectivity index (χ4n) is 1.77. The number of hydrogen-bond donors (Lipinski definition) is 1. The lowest BCUT2D eigenvalue weighted by molar-refractivity contribution is 0.281. The molecule has 0 radical (unpaired) electrons. The molecule has 0 unspecified atom stereocenters. The summed E-state index contributed by atoms with van der Waals surface area (Å²) >= 11 is 6.17. The number of aliphatic hydroxyl groups is 1. The largest absolute Gasteiger partial charge is 0.392 e. The summed E-state index contributed by atoms with van der Waals surface area (Å²) in [6.07, 6.45) is 4.34. The molecule has 1 aromatic rings. The summed E-state index contributed by atoms with van der Waals surface area (Å²) < 4.78 is 0. The van der Waals surface area contributed by atoms with Gasteiger partial charge in [0, 0.05) is 19.3 Å². The van der Waals surface area contributed by atoms with Crippen molar-refractivity contribution in [2.75, 3.05) is 18.0 Å². The van der Waals surface area contributed by atoms with Gasteiger partial charge in [-0.1, -0.05) is 11.6 Å². The smallest absolute Gasteiger partial charge is 0.147 e. The monoisotopic (exact) mass is 240 g/mol. The molecule has 1 fully saturated rings. The molecule has 4 heteroatoms. The van der Waals surface area contributed by atoms with Crippen molar-refractivity contribution in [3.63, 3.8) is 0 Å². The van der Waals surface area contributed by atoms with Gasteiger partial charge in [-0.3, -0.25) is 0 Å². The molecular weight excluding hydrogens is 224 g/mol. The Balaban J connectivity index is 2.15. The van der Waals surface area contributed by atoms with Gasteiger partial charge in [-0.15, -0.1) is 0 Å². The molecule has 1 heterocycles. The molecule has 16 heavy (non-hydrogen) atoms. The number of anilines is 1. The Morgan fingerprint density at radius 2 is 2.31 bits per heavy atom. The first-order chi connectivity index (χ1) is 7.74. The molecule has 3 nitrogen and oxygen atoms in total. The molecule has 1 N–H and O–H groups in total. The first-order valence-corrected chi connectivity index (χ1v) is 6.12. The van der Waals surface area contributed by atoms with Crippen LogP contribution in [0.4, 0.5) is 5.82 Å². The van der Waals surface area contributed by atoms with E-state index in [1.807, 2.05) is 0 Å². The van der Waals surface area contributed by atoms with Crippen molar-refractivity contribution in [3.8, 4) is 0 Å². The highest BCUT2D eigenvalue weighted by atomic mass is 35.5. The zero-order valence-corrected chi connectivity index (χ0v) is 10.2. The number of halogens is 1. The fraction of sp³-hybridized carbons (Fsp3) is 0.583. The lowest BCUT2D eigenvalue weighted by atomic mass is 10.3. The van der Waals surface area contributed by atoms with Gasteiger partial charge in [0.25, 0.3) is 0 Å². The van der Waals surface area contributed by atoms with E-state index >= 15 is 0 Å². The third kappa shape index (κ3) is 2.66. The van der Waals surface area contributed by atoms with Crippen LogP contribution in [0, 0.1) is 5.92 Å². The van der Waals surface area contributed by atoms with Gasteiger partial charge < -0.3 is 10.0 Å². The van der Waals surface area contributed by atoms with Crippen molar-refractivity contribution in [2.45, 2.75) is 26.4 Å². The van der Waals surface area contributed by atoms with Crippen LogP contribution in [0.3, 0.4) is 0 Å². The molecule has 88 valence electrons. The number of hydrogen-bond acceptors (Lipinski definition) is 3. The van der Waals surface area contributed by atoms with Crippen molar-refractivity contribution in [3.05, 3.63) is 22.8 Å². The summed E-state index contributed by atoms with van der Waals surface area (Å²) in [6.45, 7) is 4.06. The van der Waals surface area contributed by atoms with Crippen LogP contribution in [0.15, 0.2) is 12.3 Å². The van der Waals surface area contributed by atoms with Gasteiger partial charge in [0.15, 0.2) is 0 Å². The van der Waals surface area contributed by atoms with Gasteiger partial charge in [0.1, 0.15) is 5.82 Å². The van der Waals surface area contributed by atoms with E-state index in [0.29, 0.717) is 5.02 Å². The van der Waals surface area contributed by atoms with Crippen LogP contribution in [-0.4, -0.2) is 23.2 Å². The average molecular weight is 241 g/mol. The molecule has 1 aliphatic carbocycles. The van der Waals surface area contributed by atoms with E-state index in [1.54, 1.807) is 12.3 Å². The van der Waals surface area contributed by atoms with Gasteiger partial charge in [-0.2, -0.15) is 0 Å². The number of aliphatic hydroxyl groups excluding tert-OH is 1. The first kappa shape index (κ1) is 11.7. The molecule has 0 bridgehead atoms. The van der Waals surface area contributed by atoms with E-state index < -0.39 is 0 Å². The van der Waals surface area contributed by atoms with Gasteiger partial charge in [0.05, 0.1) is 11.6 Å². The van der Waals surface area contributed by atoms with Gasteiger partial charge in [-0.05, 0) is 37.3 Å². The third-order valence-corrected chi connectivity index (χ3v) is 3.20. The first-order valence-electron chi connectivity index (χ1n) is 5.74. The lowest BCUT2D eigenvalue weighted by Crippen LogP contribution is -2.26. The minimum atomic E-state index is -0.0122. The van der Waals surface area contributed by atoms with Gasteiger partial charge in [0.2, 0.25) is 0 Å². The van der Waals surface area contributed by atoms with Crippen LogP contribution in [0.1, 0.15) is 25.3 Å². The molecule has 1 aromatic heterocycles. The summed E-state index contributed by atoms with van der Waals surface area (Å²) in [5.74, 6) is 1.66. The minimum Gasteiger partial charge on any atom is -0.392 e. The van der Waals surface area contributed by atoms with Crippen molar-refractivity contribution >= 4 is 17.4 Å². The fourth-order valence-corrected chi connectivity index (χ4v) is 2.08. The Hall–Kier alpha value is -0.800. The zero-order chi connectivity index (χ0) is 11.5. The Morgan fingerprint density at radius 3 is 2.81 bits per heavy atom. The predicted octanol–water partition coefficient (Wildman–Crippen LogP) is 2.46. The van der Waals surface area contributed by atoms with Crippen LogP contribution < -0.4 is 4.90 Å². The zero-order valence-electron chi connectivity index (χ0n) is 9.49. The summed E-state index contributed by atoms with van der Waals surface area (Å²) in [4.78, 5) is 6.54. The lowest BCUT2D eigenvalue weighted by Gasteiger charge is -2.23. The number of rotatable bonds is 5. The standard InChI is InChI=1S/C12H17ClN2O/c1-2-15(7-9-3-4-9)12-11(13)5-10(8-16)6-14-12/h5-6,9,16H,2-4,7-8H2,1H3. The molecule has 0 spiro atoms. The molecule has 0 aliphatic heterocycles. The Bertz CT molecular complexity index is 366. The van der Waals surface area contributed by atoms with Crippen molar-refractivity contribution < 1.29 is 5.11 Å². The maximum Gasteiger partial charge on any atom is 0.147 e. The molecule has 0 aromatic carbocycles. The second-order valence-electron chi connectivity index (χ2n) is 4.29. The van der Waals surface area contributed by atoms with E-state index in [-0.39, 0.29) is 6.61 Å². The highest BCUT2D eigenvalue weighted by Gasteiger charge is 2.25. The van der Waals surface area contributed by atoms with Crippen LogP contribution in [0.2, 0.25) is 5.02 Å². The highest BCUT2D eigenvalue weighted by molar-refractivity contribution is 6.33. The van der Waals surface area contributed by atoms with Crippen LogP contribution in [0.5, 0.6) is 0 Å². The Kier molecular flexibility index (Phi) is 3.66. The summed E-state index contributed by atoms with van der Waals surface area (Å²) in [5.41, 5.74) is 0.760. The molecule has 1 aliphatic rings. The topological polar surface area (TPSA) is 36.4 Å². The minimum absolute atomic E-state index is 0.0122. The van der Waals surface area contributed by atoms with Gasteiger partial charge >= 0.3 is 0 Å². The molecule has 0 amide bonds. The Morgan fingerprint density at radius 1 is 1.56 bits per heavy atom. The molecular formula is C12H17ClN2O. The molecule has 1 saturated carbocycles. The van der Waals surface area contributed by atoms with Crippen molar-refractivity contribution in [2.24, 2.45) is 5.92 Å². The molecule has 2 rings (SSSR count). The van der Waals surface area contributed by atoms with E-state index in [4.69, 9.17) is 16.7 Å². The number of aromatic nitrogens is 1. The van der Waals surface area contributed by atoms with Crippen molar-refractivity contribution in [1.82, 2.24) is 4.98 Å². The third-order valence-electron chi connectivity index (χ3n) is 2.92. The van der Waals surface area contributed by atoms with Crippen LogP contribution >= 0.6 is 11.6 Å². The Labute approximate surface area is 101 Å². The van der Waals surface area contributed by atoms with Crippen LogP contribution in [-0.2, 0) is 6.61 Å². The SMILES string of the molecule is CCN(CC1CC1)c1ncc(CO)cc1Cl. The predicted molar refractivity (Wildman–Crippen MR) is 65.8 cm³/mol. The number of pyridine rings is 1. The van der Waals surface area contributed by atoms with E-state index in [9.17, 15) is 0 Å². The number of nitrogens with zero attached hydrogens (tertiary/aromatic N) is 2. The second-order valence-corrected chi connectivity index (χ2v) is 4.70.